The molecule has 1 aromatic carbocycles. The summed E-state index contributed by atoms with van der Waals surface area (Å²) < 4.78 is 37.8. The first-order chi connectivity index (χ1) is 9.87. The lowest BCUT2D eigenvalue weighted by Crippen LogP contribution is -2.46. The van der Waals surface area contributed by atoms with Gasteiger partial charge in [-0.1, -0.05) is 19.8 Å². The van der Waals surface area contributed by atoms with Crippen molar-refractivity contribution in [2.24, 2.45) is 0 Å². The first-order valence-electron chi connectivity index (χ1n) is 6.61. The quantitative estimate of drug-likeness (QED) is 0.784. The van der Waals surface area contributed by atoms with Crippen LogP contribution >= 0.6 is 0 Å². The highest BCUT2D eigenvalue weighted by molar-refractivity contribution is 7.89. The zero-order valence-corrected chi connectivity index (χ0v) is 13.6. The van der Waals surface area contributed by atoms with Gasteiger partial charge in [-0.3, -0.25) is 0 Å². The maximum Gasteiger partial charge on any atom is 0.242 e. The summed E-state index contributed by atoms with van der Waals surface area (Å²) in [7, 11) is -0.802. The van der Waals surface area contributed by atoms with Gasteiger partial charge in [-0.25, -0.2) is 8.42 Å². The number of methoxy groups -OCH3 is 2. The topological polar surface area (TPSA) is 64.6 Å². The molecule has 0 unspecified atom stereocenters. The van der Waals surface area contributed by atoms with Gasteiger partial charge < -0.3 is 9.47 Å². The molecule has 21 heavy (non-hydrogen) atoms. The summed E-state index contributed by atoms with van der Waals surface area (Å²) in [6.07, 6.45) is 6.51. The molecule has 0 fully saturated rings. The van der Waals surface area contributed by atoms with Crippen molar-refractivity contribution in [1.29, 1.82) is 0 Å². The smallest absolute Gasteiger partial charge is 0.242 e. The number of rotatable bonds is 7. The van der Waals surface area contributed by atoms with E-state index in [9.17, 15) is 8.42 Å². The van der Waals surface area contributed by atoms with Crippen LogP contribution in [0.1, 0.15) is 26.7 Å². The van der Waals surface area contributed by atoms with E-state index in [4.69, 9.17) is 15.9 Å². The highest BCUT2D eigenvalue weighted by Crippen LogP contribution is 2.30. The minimum atomic E-state index is -3.74. The second-order valence-electron chi connectivity index (χ2n) is 4.56. The van der Waals surface area contributed by atoms with E-state index in [-0.39, 0.29) is 4.90 Å². The summed E-state index contributed by atoms with van der Waals surface area (Å²) in [6, 6.07) is 4.41. The van der Waals surface area contributed by atoms with Crippen molar-refractivity contribution in [3.05, 3.63) is 18.2 Å². The Kier molecular flexibility index (Phi) is 5.64. The number of terminal acetylenes is 1. The van der Waals surface area contributed by atoms with Crippen LogP contribution in [-0.4, -0.2) is 28.2 Å². The minimum absolute atomic E-state index is 0.0849. The van der Waals surface area contributed by atoms with E-state index < -0.39 is 15.6 Å². The molecule has 1 N–H and O–H groups in total. The Labute approximate surface area is 126 Å². The summed E-state index contributed by atoms with van der Waals surface area (Å²) in [5.41, 5.74) is -0.883. The molecule has 1 rings (SSSR count). The summed E-state index contributed by atoms with van der Waals surface area (Å²) >= 11 is 0. The van der Waals surface area contributed by atoms with Gasteiger partial charge in [-0.2, -0.15) is 4.72 Å². The van der Waals surface area contributed by atoms with Gasteiger partial charge in [0.1, 0.15) is 0 Å². The third kappa shape index (κ3) is 3.69. The molecular formula is C15H21NO4S. The van der Waals surface area contributed by atoms with Crippen LogP contribution in [0.4, 0.5) is 0 Å². The molecule has 0 saturated carbocycles. The third-order valence-corrected chi connectivity index (χ3v) is 5.01. The van der Waals surface area contributed by atoms with E-state index >= 15 is 0 Å². The van der Waals surface area contributed by atoms with E-state index in [1.807, 2.05) is 13.8 Å². The molecule has 5 nitrogen and oxygen atoms in total. The zero-order chi connectivity index (χ0) is 16.1. The molecule has 0 amide bonds. The van der Waals surface area contributed by atoms with E-state index in [1.165, 1.54) is 26.4 Å². The Morgan fingerprint density at radius 1 is 1.19 bits per heavy atom. The van der Waals surface area contributed by atoms with Crippen LogP contribution in [0.3, 0.4) is 0 Å². The van der Waals surface area contributed by atoms with Gasteiger partial charge in [-0.15, -0.1) is 6.42 Å². The average Bonchev–Trinajstić information content (AvgIpc) is 2.51. The van der Waals surface area contributed by atoms with Crippen molar-refractivity contribution < 1.29 is 17.9 Å². The summed E-state index contributed by atoms with van der Waals surface area (Å²) in [5.74, 6) is 3.36. The lowest BCUT2D eigenvalue weighted by atomic mass is 9.96. The van der Waals surface area contributed by atoms with Gasteiger partial charge in [0, 0.05) is 6.07 Å². The lowest BCUT2D eigenvalue weighted by molar-refractivity contribution is 0.353. The number of benzene rings is 1. The van der Waals surface area contributed by atoms with Crippen molar-refractivity contribution in [3.8, 4) is 23.8 Å². The average molecular weight is 311 g/mol. The van der Waals surface area contributed by atoms with Gasteiger partial charge in [0.25, 0.3) is 0 Å². The number of ether oxygens (including phenoxy) is 2. The highest BCUT2D eigenvalue weighted by atomic mass is 32.2. The van der Waals surface area contributed by atoms with Crippen molar-refractivity contribution >= 4 is 10.0 Å². The minimum Gasteiger partial charge on any atom is -0.493 e. The maximum atomic E-state index is 12.5. The predicted molar refractivity (Wildman–Crippen MR) is 82.0 cm³/mol. The van der Waals surface area contributed by atoms with Gasteiger partial charge in [0.2, 0.25) is 10.0 Å². The molecule has 0 atom stereocenters. The molecule has 0 bridgehead atoms. The molecule has 0 heterocycles. The third-order valence-electron chi connectivity index (χ3n) is 3.48. The fourth-order valence-corrected chi connectivity index (χ4v) is 3.42. The Morgan fingerprint density at radius 3 is 2.19 bits per heavy atom. The fraction of sp³-hybridized carbons (Fsp3) is 0.467. The molecule has 0 aliphatic rings. The Morgan fingerprint density at radius 2 is 1.76 bits per heavy atom. The number of hydrogen-bond donors (Lipinski definition) is 1. The van der Waals surface area contributed by atoms with E-state index in [1.54, 1.807) is 6.07 Å². The molecular weight excluding hydrogens is 290 g/mol. The number of nitrogens with one attached hydrogen (secondary N) is 1. The van der Waals surface area contributed by atoms with Gasteiger partial charge in [0.15, 0.2) is 11.5 Å². The van der Waals surface area contributed by atoms with Crippen molar-refractivity contribution in [2.75, 3.05) is 14.2 Å². The molecule has 0 aromatic heterocycles. The zero-order valence-electron chi connectivity index (χ0n) is 12.8. The molecule has 0 saturated heterocycles. The fourth-order valence-electron chi connectivity index (χ4n) is 1.93. The molecule has 6 heteroatoms. The Bertz CT molecular complexity index is 628. The van der Waals surface area contributed by atoms with Crippen LogP contribution in [0, 0.1) is 12.3 Å². The van der Waals surface area contributed by atoms with E-state index in [0.717, 1.165) is 0 Å². The van der Waals surface area contributed by atoms with Crippen LogP contribution in [0.2, 0.25) is 0 Å². The summed E-state index contributed by atoms with van der Waals surface area (Å²) in [5, 5.41) is 0. The highest BCUT2D eigenvalue weighted by Gasteiger charge is 2.30. The molecule has 0 spiro atoms. The number of sulfonamides is 1. The second kappa shape index (κ2) is 6.83. The van der Waals surface area contributed by atoms with Crippen LogP contribution in [0.25, 0.3) is 0 Å². The first-order valence-corrected chi connectivity index (χ1v) is 8.10. The normalized spacial score (nSPS) is 11.8. The molecule has 0 aliphatic heterocycles. The van der Waals surface area contributed by atoms with Gasteiger partial charge in [-0.05, 0) is 25.0 Å². The number of hydrogen-bond acceptors (Lipinski definition) is 4. The van der Waals surface area contributed by atoms with Crippen molar-refractivity contribution in [2.45, 2.75) is 37.1 Å². The molecule has 1 aromatic rings. The van der Waals surface area contributed by atoms with E-state index in [0.29, 0.717) is 24.3 Å². The second-order valence-corrected chi connectivity index (χ2v) is 6.24. The SMILES string of the molecule is C#CC(CC)(CC)NS(=O)(=O)c1ccc(OC)c(OC)c1. The van der Waals surface area contributed by atoms with Crippen LogP contribution in [0.15, 0.2) is 23.1 Å². The van der Waals surface area contributed by atoms with Crippen LogP contribution in [-0.2, 0) is 10.0 Å². The Hall–Kier alpha value is -1.71. The van der Waals surface area contributed by atoms with Crippen LogP contribution < -0.4 is 14.2 Å². The lowest BCUT2D eigenvalue weighted by Gasteiger charge is -2.26. The van der Waals surface area contributed by atoms with Crippen molar-refractivity contribution in [3.63, 3.8) is 0 Å². The monoisotopic (exact) mass is 311 g/mol. The predicted octanol–water partition coefficient (Wildman–Crippen LogP) is 2.17. The van der Waals surface area contributed by atoms with Gasteiger partial charge in [0.05, 0.1) is 24.7 Å². The molecule has 116 valence electrons. The van der Waals surface area contributed by atoms with Gasteiger partial charge >= 0.3 is 0 Å². The first kappa shape index (κ1) is 17.3. The largest absolute Gasteiger partial charge is 0.493 e. The summed E-state index contributed by atoms with van der Waals surface area (Å²) in [6.45, 7) is 3.70. The van der Waals surface area contributed by atoms with Crippen molar-refractivity contribution in [1.82, 2.24) is 4.72 Å². The molecule has 0 radical (unpaired) electrons. The Balaban J connectivity index is 3.23. The standard InChI is InChI=1S/C15H21NO4S/c1-6-15(7-2,8-3)16-21(17,18)12-9-10-13(19-4)14(11-12)20-5/h1,9-11,16H,7-8H2,2-5H3. The maximum absolute atomic E-state index is 12.5. The summed E-state index contributed by atoms with van der Waals surface area (Å²) in [4.78, 5) is 0.0849. The van der Waals surface area contributed by atoms with Crippen LogP contribution in [0.5, 0.6) is 11.5 Å². The van der Waals surface area contributed by atoms with E-state index in [2.05, 4.69) is 10.6 Å². The molecule has 0 aliphatic carbocycles.